The Labute approximate surface area is 168 Å². The Balaban J connectivity index is 0.00000338. The molecular weight excluding hydrogens is 457 g/mol. The first-order valence-corrected chi connectivity index (χ1v) is 7.81. The number of aromatic nitrogens is 3. The fourth-order valence-corrected chi connectivity index (χ4v) is 2.04. The second-order valence-electron chi connectivity index (χ2n) is 5.40. The highest BCUT2D eigenvalue weighted by Gasteiger charge is 2.07. The zero-order valence-corrected chi connectivity index (χ0v) is 17.3. The number of hydrogen-bond acceptors (Lipinski definition) is 4. The molecule has 1 aromatic heterocycles. The van der Waals surface area contributed by atoms with Crippen molar-refractivity contribution in [3.05, 3.63) is 47.0 Å². The Morgan fingerprint density at radius 2 is 2.04 bits per heavy atom. The van der Waals surface area contributed by atoms with Gasteiger partial charge >= 0.3 is 0 Å². The van der Waals surface area contributed by atoms with Crippen molar-refractivity contribution in [2.24, 2.45) is 12.0 Å². The van der Waals surface area contributed by atoms with Crippen LogP contribution in [0.15, 0.2) is 23.2 Å². The van der Waals surface area contributed by atoms with Crippen LogP contribution in [0.1, 0.15) is 17.2 Å². The molecule has 0 aliphatic carbocycles. The maximum absolute atomic E-state index is 13.7. The molecule has 10 heteroatoms. The summed E-state index contributed by atoms with van der Waals surface area (Å²) in [7, 11) is 3.46. The number of guanidine groups is 1. The third-order valence-corrected chi connectivity index (χ3v) is 3.61. The van der Waals surface area contributed by atoms with E-state index in [0.29, 0.717) is 25.7 Å². The van der Waals surface area contributed by atoms with Crippen molar-refractivity contribution >= 4 is 29.9 Å². The molecule has 26 heavy (non-hydrogen) atoms. The molecule has 0 unspecified atom stereocenters. The summed E-state index contributed by atoms with van der Waals surface area (Å²) in [5, 5.41) is 14.2. The van der Waals surface area contributed by atoms with Gasteiger partial charge in [-0.1, -0.05) is 0 Å². The highest BCUT2D eigenvalue weighted by atomic mass is 127. The van der Waals surface area contributed by atoms with Gasteiger partial charge in [0.25, 0.3) is 0 Å². The summed E-state index contributed by atoms with van der Waals surface area (Å²) in [6, 6.07) is 3.31. The predicted octanol–water partition coefficient (Wildman–Crippen LogP) is 1.90. The molecule has 0 aliphatic heterocycles. The van der Waals surface area contributed by atoms with E-state index in [2.05, 4.69) is 25.8 Å². The van der Waals surface area contributed by atoms with E-state index < -0.39 is 11.6 Å². The number of nitrogens with one attached hydrogen (secondary N) is 2. The fraction of sp³-hybridized carbons (Fsp3) is 0.438. The standard InChI is InChI=1S/C16H22F2N6O.HI/c1-11-22-23-15(24(11)2)10-21-16(19-6-7-25-3)20-9-12-8-13(17)4-5-14(12)18;/h4-5,8H,6-7,9-10H2,1-3H3,(H2,19,20,21);1H. The number of halogens is 3. The first-order valence-electron chi connectivity index (χ1n) is 7.81. The molecule has 1 aromatic carbocycles. The minimum Gasteiger partial charge on any atom is -0.383 e. The summed E-state index contributed by atoms with van der Waals surface area (Å²) in [6.45, 7) is 3.25. The van der Waals surface area contributed by atoms with Gasteiger partial charge in [-0.05, 0) is 25.1 Å². The van der Waals surface area contributed by atoms with E-state index in [1.807, 2.05) is 18.5 Å². The number of aliphatic imine (C=N–C) groups is 1. The van der Waals surface area contributed by atoms with Crippen LogP contribution in [0.5, 0.6) is 0 Å². The van der Waals surface area contributed by atoms with Gasteiger partial charge in [-0.2, -0.15) is 0 Å². The molecule has 0 atom stereocenters. The highest BCUT2D eigenvalue weighted by Crippen LogP contribution is 2.10. The van der Waals surface area contributed by atoms with E-state index in [1.54, 1.807) is 7.11 Å². The Hall–Kier alpha value is -1.82. The summed E-state index contributed by atoms with van der Waals surface area (Å²) in [4.78, 5) is 4.29. The molecule has 144 valence electrons. The van der Waals surface area contributed by atoms with E-state index >= 15 is 0 Å². The number of methoxy groups -OCH3 is 1. The van der Waals surface area contributed by atoms with E-state index in [9.17, 15) is 8.78 Å². The maximum Gasteiger partial charge on any atom is 0.192 e. The number of rotatable bonds is 7. The Kier molecular flexibility index (Phi) is 9.41. The zero-order chi connectivity index (χ0) is 18.2. The topological polar surface area (TPSA) is 76.4 Å². The molecule has 2 rings (SSSR count). The van der Waals surface area contributed by atoms with Gasteiger partial charge in [0.05, 0.1) is 19.7 Å². The van der Waals surface area contributed by atoms with Gasteiger partial charge in [0.15, 0.2) is 11.8 Å². The van der Waals surface area contributed by atoms with E-state index in [1.165, 1.54) is 0 Å². The molecular formula is C16H23F2IN6O. The average Bonchev–Trinajstić information content (AvgIpc) is 2.91. The van der Waals surface area contributed by atoms with E-state index in [-0.39, 0.29) is 36.1 Å². The van der Waals surface area contributed by atoms with Gasteiger partial charge in [0.2, 0.25) is 0 Å². The van der Waals surface area contributed by atoms with Crippen LogP contribution in [0.4, 0.5) is 8.78 Å². The van der Waals surface area contributed by atoms with Crippen molar-refractivity contribution < 1.29 is 13.5 Å². The molecule has 0 spiro atoms. The largest absolute Gasteiger partial charge is 0.383 e. The smallest absolute Gasteiger partial charge is 0.192 e. The first-order chi connectivity index (χ1) is 12.0. The Morgan fingerprint density at radius 1 is 1.27 bits per heavy atom. The van der Waals surface area contributed by atoms with Gasteiger partial charge < -0.3 is 19.9 Å². The second kappa shape index (κ2) is 11.0. The minimum atomic E-state index is -0.497. The second-order valence-corrected chi connectivity index (χ2v) is 5.40. The van der Waals surface area contributed by atoms with Crippen molar-refractivity contribution in [1.29, 1.82) is 0 Å². The summed E-state index contributed by atoms with van der Waals surface area (Å²) < 4.78 is 33.8. The molecule has 0 radical (unpaired) electrons. The molecule has 1 heterocycles. The molecule has 0 saturated carbocycles. The third kappa shape index (κ3) is 6.48. The van der Waals surface area contributed by atoms with E-state index in [4.69, 9.17) is 4.74 Å². The molecule has 0 bridgehead atoms. The number of nitrogens with zero attached hydrogens (tertiary/aromatic N) is 4. The normalized spacial score (nSPS) is 11.2. The summed E-state index contributed by atoms with van der Waals surface area (Å²) in [5.74, 6) is 0.981. The number of ether oxygens (including phenoxy) is 1. The van der Waals surface area contributed by atoms with Crippen molar-refractivity contribution in [2.75, 3.05) is 20.3 Å². The number of hydrogen-bond donors (Lipinski definition) is 2. The number of benzene rings is 1. The van der Waals surface area contributed by atoms with Gasteiger partial charge in [-0.3, -0.25) is 0 Å². The molecule has 2 N–H and O–H groups in total. The summed E-state index contributed by atoms with van der Waals surface area (Å²) >= 11 is 0. The van der Waals surface area contributed by atoms with E-state index in [0.717, 1.165) is 29.8 Å². The Bertz CT molecular complexity index is 738. The van der Waals surface area contributed by atoms with Crippen LogP contribution in [-0.2, 0) is 24.9 Å². The Morgan fingerprint density at radius 3 is 2.69 bits per heavy atom. The highest BCUT2D eigenvalue weighted by molar-refractivity contribution is 14.0. The van der Waals surface area contributed by atoms with Crippen LogP contribution >= 0.6 is 24.0 Å². The SMILES string of the molecule is COCCNC(=NCc1cc(F)ccc1F)NCc1nnc(C)n1C.I. The van der Waals surface area contributed by atoms with Crippen LogP contribution in [0.2, 0.25) is 0 Å². The molecule has 0 amide bonds. The van der Waals surface area contributed by atoms with Crippen molar-refractivity contribution in [3.8, 4) is 0 Å². The van der Waals surface area contributed by atoms with Crippen molar-refractivity contribution in [1.82, 2.24) is 25.4 Å². The molecule has 0 fully saturated rings. The lowest BCUT2D eigenvalue weighted by atomic mass is 10.2. The molecule has 2 aromatic rings. The van der Waals surface area contributed by atoms with Crippen LogP contribution in [0.25, 0.3) is 0 Å². The van der Waals surface area contributed by atoms with Gasteiger partial charge in [-0.25, -0.2) is 13.8 Å². The number of aryl methyl sites for hydroxylation is 1. The summed E-state index contributed by atoms with van der Waals surface area (Å²) in [5.41, 5.74) is 0.183. The molecule has 7 nitrogen and oxygen atoms in total. The lowest BCUT2D eigenvalue weighted by molar-refractivity contribution is 0.203. The quantitative estimate of drug-likeness (QED) is 0.274. The van der Waals surface area contributed by atoms with Crippen LogP contribution in [-0.4, -0.2) is 41.0 Å². The van der Waals surface area contributed by atoms with Crippen LogP contribution in [0, 0.1) is 18.6 Å². The average molecular weight is 480 g/mol. The summed E-state index contributed by atoms with van der Waals surface area (Å²) in [6.07, 6.45) is 0. The van der Waals surface area contributed by atoms with Gasteiger partial charge in [0.1, 0.15) is 17.5 Å². The predicted molar refractivity (Wildman–Crippen MR) is 105 cm³/mol. The monoisotopic (exact) mass is 480 g/mol. The minimum absolute atomic E-state index is 0. The molecule has 0 saturated heterocycles. The van der Waals surface area contributed by atoms with Crippen LogP contribution < -0.4 is 10.6 Å². The lowest BCUT2D eigenvalue weighted by Crippen LogP contribution is -2.39. The van der Waals surface area contributed by atoms with Crippen LogP contribution in [0.3, 0.4) is 0 Å². The first kappa shape index (κ1) is 22.2. The van der Waals surface area contributed by atoms with Crippen molar-refractivity contribution in [3.63, 3.8) is 0 Å². The fourth-order valence-electron chi connectivity index (χ4n) is 2.04. The van der Waals surface area contributed by atoms with Gasteiger partial charge in [-0.15, -0.1) is 34.2 Å². The molecule has 0 aliphatic rings. The van der Waals surface area contributed by atoms with Crippen molar-refractivity contribution in [2.45, 2.75) is 20.0 Å². The van der Waals surface area contributed by atoms with Gasteiger partial charge in [0, 0.05) is 26.3 Å². The maximum atomic E-state index is 13.7. The third-order valence-electron chi connectivity index (χ3n) is 3.61. The zero-order valence-electron chi connectivity index (χ0n) is 14.9. The lowest BCUT2D eigenvalue weighted by Gasteiger charge is -2.12.